The molecule has 0 amide bonds. The Labute approximate surface area is 176 Å². The maximum atomic E-state index is 4.72. The van der Waals surface area contributed by atoms with Gasteiger partial charge in [0.2, 0.25) is 0 Å². The topological polar surface area (TPSA) is 85.1 Å². The summed E-state index contributed by atoms with van der Waals surface area (Å²) in [5, 5.41) is 3.65. The Balaban J connectivity index is 0.00000120. The molecule has 150 valence electrons. The summed E-state index contributed by atoms with van der Waals surface area (Å²) in [5.41, 5.74) is 5.68. The zero-order valence-corrected chi connectivity index (χ0v) is 16.8. The van der Waals surface area contributed by atoms with Crippen molar-refractivity contribution in [1.82, 2.24) is 20.3 Å². The van der Waals surface area contributed by atoms with Gasteiger partial charge < -0.3 is 15.8 Å². The lowest BCUT2D eigenvalue weighted by molar-refractivity contribution is 0.360. The van der Waals surface area contributed by atoms with Crippen LogP contribution in [0.2, 0.25) is 0 Å². The van der Waals surface area contributed by atoms with Gasteiger partial charge in [-0.1, -0.05) is 60.7 Å². The van der Waals surface area contributed by atoms with E-state index in [1.807, 2.05) is 18.5 Å². The fourth-order valence-electron chi connectivity index (χ4n) is 4.07. The van der Waals surface area contributed by atoms with Crippen molar-refractivity contribution in [2.24, 2.45) is 0 Å². The van der Waals surface area contributed by atoms with Gasteiger partial charge in [0.15, 0.2) is 0 Å². The van der Waals surface area contributed by atoms with E-state index in [-0.39, 0.29) is 17.9 Å². The lowest BCUT2D eigenvalue weighted by Gasteiger charge is -2.30. The predicted molar refractivity (Wildman–Crippen MR) is 118 cm³/mol. The van der Waals surface area contributed by atoms with Crippen LogP contribution < -0.4 is 5.32 Å². The molecule has 6 heteroatoms. The first-order chi connectivity index (χ1) is 13.4. The molecule has 1 fully saturated rings. The molecule has 0 spiro atoms. The molecule has 3 aliphatic rings. The Morgan fingerprint density at radius 2 is 1.59 bits per heavy atom. The smallest absolute Gasteiger partial charge is 0.109 e. The number of rotatable bonds is 3. The molecule has 0 radical (unpaired) electrons. The highest BCUT2D eigenvalue weighted by molar-refractivity contribution is 5.85. The van der Waals surface area contributed by atoms with Gasteiger partial charge in [0, 0.05) is 23.7 Å². The fraction of sp³-hybridized carbons (Fsp3) is 0.217. The van der Waals surface area contributed by atoms with Gasteiger partial charge in [-0.05, 0) is 30.5 Å². The molecule has 29 heavy (non-hydrogen) atoms. The molecule has 3 heterocycles. The van der Waals surface area contributed by atoms with Gasteiger partial charge in [0.1, 0.15) is 11.5 Å². The molecule has 0 aromatic heterocycles. The molecule has 4 N–H and O–H groups in total. The van der Waals surface area contributed by atoms with Crippen LogP contribution in [0.5, 0.6) is 0 Å². The first-order valence-corrected chi connectivity index (χ1v) is 9.56. The predicted octanol–water partition coefficient (Wildman–Crippen LogP) is 4.38. The van der Waals surface area contributed by atoms with E-state index in [4.69, 9.17) is 4.98 Å². The van der Waals surface area contributed by atoms with Crippen molar-refractivity contribution in [2.45, 2.75) is 24.8 Å². The third-order valence-corrected chi connectivity index (χ3v) is 5.51. The normalized spacial score (nSPS) is 18.6. The Kier molecular flexibility index (Phi) is 6.64. The van der Waals surface area contributed by atoms with Crippen molar-refractivity contribution in [1.29, 1.82) is 0 Å². The van der Waals surface area contributed by atoms with Crippen LogP contribution in [0.15, 0.2) is 73.1 Å². The average Bonchev–Trinajstić information content (AvgIpc) is 3.18. The summed E-state index contributed by atoms with van der Waals surface area (Å²) in [4.78, 5) is 12.9. The second-order valence-corrected chi connectivity index (χ2v) is 7.21. The molecule has 0 saturated carbocycles. The van der Waals surface area contributed by atoms with E-state index in [9.17, 15) is 0 Å². The van der Waals surface area contributed by atoms with Gasteiger partial charge in [-0.15, -0.1) is 12.4 Å². The second-order valence-electron chi connectivity index (χ2n) is 7.21. The van der Waals surface area contributed by atoms with Crippen LogP contribution in [-0.2, 0) is 0 Å². The molecular weight excluding hydrogens is 384 g/mol. The van der Waals surface area contributed by atoms with Gasteiger partial charge in [-0.25, -0.2) is 4.98 Å². The van der Waals surface area contributed by atoms with Crippen LogP contribution in [0.4, 0.5) is 0 Å². The standard InChI is InChI=1S/C23H22N4.ClH.H2O/c1-3-7-16(8-4-1)19-14-25-21-15-26-23(27-22(19)21)18-11-12-24-20(13-18)17-9-5-2-6-10-17;;/h1-10,14-15,18,20,24H,11-13H2,(H,26,27);1H;1H2. The van der Waals surface area contributed by atoms with E-state index in [0.717, 1.165) is 42.2 Å². The average molecular weight is 409 g/mol. The third kappa shape index (κ3) is 4.17. The fourth-order valence-corrected chi connectivity index (χ4v) is 4.07. The van der Waals surface area contributed by atoms with Crippen molar-refractivity contribution in [2.75, 3.05) is 6.54 Å². The van der Waals surface area contributed by atoms with Gasteiger partial charge in [0.05, 0.1) is 11.9 Å². The maximum Gasteiger partial charge on any atom is 0.109 e. The summed E-state index contributed by atoms with van der Waals surface area (Å²) in [5.74, 6) is 1.48. The van der Waals surface area contributed by atoms with E-state index < -0.39 is 0 Å². The lowest BCUT2D eigenvalue weighted by atomic mass is 9.88. The minimum atomic E-state index is 0. The van der Waals surface area contributed by atoms with E-state index in [1.54, 1.807) is 0 Å². The number of halogens is 1. The first-order valence-electron chi connectivity index (χ1n) is 9.56. The Bertz CT molecular complexity index is 1010. The summed E-state index contributed by atoms with van der Waals surface area (Å²) < 4.78 is 0. The van der Waals surface area contributed by atoms with Gasteiger partial charge in [-0.2, -0.15) is 0 Å². The molecule has 5 nitrogen and oxygen atoms in total. The van der Waals surface area contributed by atoms with Gasteiger partial charge >= 0.3 is 0 Å². The van der Waals surface area contributed by atoms with Crippen LogP contribution in [0.3, 0.4) is 0 Å². The number of nitrogens with one attached hydrogen (secondary N) is 2. The summed E-state index contributed by atoms with van der Waals surface area (Å²) in [7, 11) is 0. The number of fused-ring (bicyclic) bond motifs is 1. The van der Waals surface area contributed by atoms with E-state index in [1.165, 1.54) is 11.1 Å². The molecule has 2 unspecified atom stereocenters. The number of benzene rings is 2. The lowest BCUT2D eigenvalue weighted by Crippen LogP contribution is -2.31. The number of hydrogen-bond acceptors (Lipinski definition) is 3. The van der Waals surface area contributed by atoms with Gasteiger partial charge in [-0.3, -0.25) is 4.98 Å². The van der Waals surface area contributed by atoms with Crippen molar-refractivity contribution in [3.63, 3.8) is 0 Å². The SMILES string of the molecule is Cl.O.c1ccc(-c2cnc3cnc(C4CCNC(c5ccccc5)C4)[nH]c2-3)cc1. The maximum absolute atomic E-state index is 4.72. The Hall–Kier alpha value is -2.73. The highest BCUT2D eigenvalue weighted by Gasteiger charge is 2.26. The Morgan fingerprint density at radius 3 is 2.34 bits per heavy atom. The van der Waals surface area contributed by atoms with E-state index in [2.05, 4.69) is 69.9 Å². The molecule has 3 aliphatic heterocycles. The minimum Gasteiger partial charge on any atom is -0.412 e. The summed E-state index contributed by atoms with van der Waals surface area (Å²) in [6, 6.07) is 21.5. The Morgan fingerprint density at radius 1 is 0.862 bits per heavy atom. The third-order valence-electron chi connectivity index (χ3n) is 5.51. The van der Waals surface area contributed by atoms with Crippen LogP contribution >= 0.6 is 12.4 Å². The zero-order valence-electron chi connectivity index (χ0n) is 16.0. The van der Waals surface area contributed by atoms with E-state index >= 15 is 0 Å². The molecule has 2 atom stereocenters. The quantitative estimate of drug-likeness (QED) is 0.527. The van der Waals surface area contributed by atoms with Crippen LogP contribution in [-0.4, -0.2) is 27.0 Å². The number of piperidine rings is 1. The second kappa shape index (κ2) is 9.18. The number of nitrogens with zero attached hydrogens (tertiary/aromatic N) is 2. The monoisotopic (exact) mass is 408 g/mol. The number of aromatic nitrogens is 3. The highest BCUT2D eigenvalue weighted by atomic mass is 35.5. The zero-order chi connectivity index (χ0) is 18.1. The van der Waals surface area contributed by atoms with Gasteiger partial charge in [0.25, 0.3) is 0 Å². The summed E-state index contributed by atoms with van der Waals surface area (Å²) in [6.07, 6.45) is 5.99. The number of H-pyrrole nitrogens is 1. The summed E-state index contributed by atoms with van der Waals surface area (Å²) >= 11 is 0. The van der Waals surface area contributed by atoms with Crippen molar-refractivity contribution in [3.05, 3.63) is 84.4 Å². The minimum absolute atomic E-state index is 0. The highest BCUT2D eigenvalue weighted by Crippen LogP contribution is 2.36. The molecule has 5 rings (SSSR count). The van der Waals surface area contributed by atoms with Crippen LogP contribution in [0.1, 0.15) is 36.2 Å². The molecule has 0 aliphatic carbocycles. The molecule has 0 bridgehead atoms. The van der Waals surface area contributed by atoms with Crippen LogP contribution in [0.25, 0.3) is 22.5 Å². The molecular formula is C23H25ClN4O. The van der Waals surface area contributed by atoms with Crippen molar-refractivity contribution >= 4 is 12.4 Å². The summed E-state index contributed by atoms with van der Waals surface area (Å²) in [6.45, 7) is 1.00. The first kappa shape index (κ1) is 21.0. The molecule has 2 aromatic rings. The molecule has 2 aromatic carbocycles. The number of hydrogen-bond donors (Lipinski definition) is 2. The van der Waals surface area contributed by atoms with Crippen molar-refractivity contribution < 1.29 is 5.48 Å². The molecule has 1 saturated heterocycles. The van der Waals surface area contributed by atoms with Crippen molar-refractivity contribution in [3.8, 4) is 22.5 Å². The largest absolute Gasteiger partial charge is 0.412 e. The van der Waals surface area contributed by atoms with Crippen LogP contribution in [0, 0.1) is 0 Å². The van der Waals surface area contributed by atoms with E-state index in [0.29, 0.717) is 12.0 Å². The number of aromatic amines is 1.